The molecule has 0 N–H and O–H groups in total. The van der Waals surface area contributed by atoms with Crippen molar-refractivity contribution >= 4 is 10.8 Å². The third-order valence-corrected chi connectivity index (χ3v) is 6.84. The lowest BCUT2D eigenvalue weighted by Gasteiger charge is -2.27. The summed E-state index contributed by atoms with van der Waals surface area (Å²) in [4.78, 5) is 0. The van der Waals surface area contributed by atoms with Crippen LogP contribution in [0, 0.1) is 0 Å². The molecule has 3 aromatic carbocycles. The van der Waals surface area contributed by atoms with Crippen LogP contribution in [0.15, 0.2) is 60.7 Å². The molecule has 0 amide bonds. The van der Waals surface area contributed by atoms with E-state index in [1.807, 2.05) is 0 Å². The molecule has 150 valence electrons. The number of aryl methyl sites for hydroxylation is 1. The van der Waals surface area contributed by atoms with Crippen LogP contribution in [0.25, 0.3) is 10.8 Å². The van der Waals surface area contributed by atoms with E-state index in [1.54, 1.807) is 0 Å². The van der Waals surface area contributed by atoms with Crippen LogP contribution in [-0.2, 0) is 22.3 Å². The van der Waals surface area contributed by atoms with Crippen molar-refractivity contribution in [2.75, 3.05) is 19.8 Å². The molecule has 2 nitrogen and oxygen atoms in total. The maximum atomic E-state index is 6.41. The van der Waals surface area contributed by atoms with Gasteiger partial charge in [0.2, 0.25) is 0 Å². The van der Waals surface area contributed by atoms with Gasteiger partial charge >= 0.3 is 0 Å². The van der Waals surface area contributed by atoms with Crippen molar-refractivity contribution in [1.82, 2.24) is 0 Å². The Morgan fingerprint density at radius 1 is 0.862 bits per heavy atom. The lowest BCUT2D eigenvalue weighted by Crippen LogP contribution is -2.24. The van der Waals surface area contributed by atoms with Crippen LogP contribution in [0.3, 0.4) is 0 Å². The van der Waals surface area contributed by atoms with Gasteiger partial charge in [0.1, 0.15) is 0 Å². The molecule has 0 aromatic heterocycles. The second-order valence-electron chi connectivity index (χ2n) is 8.46. The minimum atomic E-state index is 0.356. The monoisotopic (exact) mass is 386 g/mol. The molecule has 0 heterocycles. The first kappa shape index (κ1) is 18.8. The van der Waals surface area contributed by atoms with Crippen molar-refractivity contribution in [2.45, 2.75) is 50.5 Å². The minimum Gasteiger partial charge on any atom is -0.381 e. The summed E-state index contributed by atoms with van der Waals surface area (Å²) in [6.45, 7) is 4.48. The first-order chi connectivity index (χ1) is 14.3. The lowest BCUT2D eigenvalue weighted by atomic mass is 9.87. The van der Waals surface area contributed by atoms with Crippen molar-refractivity contribution in [2.24, 2.45) is 0 Å². The maximum Gasteiger partial charge on any atom is 0.0618 e. The number of fused-ring (bicyclic) bond motifs is 1. The van der Waals surface area contributed by atoms with Crippen molar-refractivity contribution in [3.8, 4) is 0 Å². The van der Waals surface area contributed by atoms with E-state index < -0.39 is 0 Å². The minimum absolute atomic E-state index is 0.356. The normalized spacial score (nSPS) is 22.7. The zero-order valence-corrected chi connectivity index (χ0v) is 17.3. The summed E-state index contributed by atoms with van der Waals surface area (Å²) < 4.78 is 12.3. The summed E-state index contributed by atoms with van der Waals surface area (Å²) in [7, 11) is 0. The summed E-state index contributed by atoms with van der Waals surface area (Å²) >= 11 is 0. The van der Waals surface area contributed by atoms with Crippen LogP contribution in [0.1, 0.15) is 53.9 Å². The van der Waals surface area contributed by atoms with Crippen molar-refractivity contribution in [1.29, 1.82) is 0 Å². The highest BCUT2D eigenvalue weighted by Gasteiger charge is 2.34. The molecule has 0 aliphatic heterocycles. The van der Waals surface area contributed by atoms with Gasteiger partial charge < -0.3 is 9.47 Å². The predicted molar refractivity (Wildman–Crippen MR) is 119 cm³/mol. The largest absolute Gasteiger partial charge is 0.381 e. The average Bonchev–Trinajstić information content (AvgIpc) is 3.07. The molecule has 29 heavy (non-hydrogen) atoms. The zero-order valence-electron chi connectivity index (χ0n) is 17.3. The number of benzene rings is 3. The highest BCUT2D eigenvalue weighted by atomic mass is 16.5. The van der Waals surface area contributed by atoms with Gasteiger partial charge in [-0.05, 0) is 71.6 Å². The smallest absolute Gasteiger partial charge is 0.0618 e. The van der Waals surface area contributed by atoms with Gasteiger partial charge in [0, 0.05) is 19.1 Å². The molecule has 5 rings (SSSR count). The highest BCUT2D eigenvalue weighted by Crippen LogP contribution is 2.48. The van der Waals surface area contributed by atoms with Gasteiger partial charge in [0.05, 0.1) is 12.7 Å². The van der Waals surface area contributed by atoms with Crippen LogP contribution in [0.2, 0.25) is 0 Å². The summed E-state index contributed by atoms with van der Waals surface area (Å²) in [6, 6.07) is 22.3. The van der Waals surface area contributed by atoms with Gasteiger partial charge in [-0.1, -0.05) is 60.7 Å². The molecule has 3 aromatic rings. The molecule has 0 bridgehead atoms. The van der Waals surface area contributed by atoms with Gasteiger partial charge in [-0.25, -0.2) is 0 Å². The molecule has 0 fully saturated rings. The molecule has 2 aliphatic rings. The molecular weight excluding hydrogens is 356 g/mol. The summed E-state index contributed by atoms with van der Waals surface area (Å²) in [5, 5.41) is 2.81. The Balaban J connectivity index is 1.29. The molecular formula is C27H30O2. The molecule has 3 unspecified atom stereocenters. The van der Waals surface area contributed by atoms with Crippen LogP contribution in [0.4, 0.5) is 0 Å². The van der Waals surface area contributed by atoms with E-state index in [4.69, 9.17) is 9.47 Å². The number of hydrogen-bond donors (Lipinski definition) is 0. The first-order valence-corrected chi connectivity index (χ1v) is 11.1. The lowest BCUT2D eigenvalue weighted by molar-refractivity contribution is 0.0365. The van der Waals surface area contributed by atoms with Crippen LogP contribution in [-0.4, -0.2) is 25.9 Å². The first-order valence-electron chi connectivity index (χ1n) is 11.1. The standard InChI is InChI=1S/C27H30O2/c1-2-28-18-26-23(24-11-5-9-20-10-6-12-25(26)27(20)24)15-16-29-22-14-13-19-7-3-4-8-21(19)17-22/h3-12,22-23,26H,2,13-18H2,1H3. The van der Waals surface area contributed by atoms with E-state index >= 15 is 0 Å². The Morgan fingerprint density at radius 2 is 1.62 bits per heavy atom. The Bertz CT molecular complexity index is 987. The van der Waals surface area contributed by atoms with E-state index in [9.17, 15) is 0 Å². The van der Waals surface area contributed by atoms with E-state index in [0.717, 1.165) is 45.5 Å². The summed E-state index contributed by atoms with van der Waals surface area (Å²) in [6.07, 6.45) is 4.75. The van der Waals surface area contributed by atoms with Crippen LogP contribution >= 0.6 is 0 Å². The van der Waals surface area contributed by atoms with Crippen LogP contribution < -0.4 is 0 Å². The Hall–Kier alpha value is -2.16. The molecule has 2 aliphatic carbocycles. The van der Waals surface area contributed by atoms with Crippen molar-refractivity contribution in [3.63, 3.8) is 0 Å². The van der Waals surface area contributed by atoms with E-state index in [1.165, 1.54) is 33.0 Å². The average molecular weight is 387 g/mol. The second kappa shape index (κ2) is 8.30. The summed E-state index contributed by atoms with van der Waals surface area (Å²) in [5.74, 6) is 0.922. The molecule has 0 spiro atoms. The van der Waals surface area contributed by atoms with E-state index in [2.05, 4.69) is 67.6 Å². The van der Waals surface area contributed by atoms with Gasteiger partial charge in [-0.2, -0.15) is 0 Å². The third kappa shape index (κ3) is 3.60. The molecule has 0 saturated heterocycles. The number of ether oxygens (including phenoxy) is 2. The van der Waals surface area contributed by atoms with Gasteiger partial charge in [0.15, 0.2) is 0 Å². The molecule has 0 saturated carbocycles. The number of hydrogen-bond acceptors (Lipinski definition) is 2. The predicted octanol–water partition coefficient (Wildman–Crippen LogP) is 6.02. The van der Waals surface area contributed by atoms with E-state index in [-0.39, 0.29) is 0 Å². The Kier molecular flexibility index (Phi) is 5.39. The highest BCUT2D eigenvalue weighted by molar-refractivity contribution is 5.92. The maximum absolute atomic E-state index is 6.41. The molecule has 2 heteroatoms. The fourth-order valence-corrected chi connectivity index (χ4v) is 5.43. The quantitative estimate of drug-likeness (QED) is 0.494. The fourth-order valence-electron chi connectivity index (χ4n) is 5.43. The molecule has 0 radical (unpaired) electrons. The van der Waals surface area contributed by atoms with Crippen LogP contribution in [0.5, 0.6) is 0 Å². The Morgan fingerprint density at radius 3 is 2.41 bits per heavy atom. The Labute approximate surface area is 173 Å². The fraction of sp³-hybridized carbons (Fsp3) is 0.407. The second-order valence-corrected chi connectivity index (χ2v) is 8.46. The SMILES string of the molecule is CCOCC1c2cccc3cccc(c23)C1CCOC1CCc2ccccc2C1. The van der Waals surface area contributed by atoms with E-state index in [0.29, 0.717) is 17.9 Å². The topological polar surface area (TPSA) is 18.5 Å². The number of rotatable bonds is 7. The third-order valence-electron chi connectivity index (χ3n) is 6.84. The summed E-state index contributed by atoms with van der Waals surface area (Å²) in [5.41, 5.74) is 5.92. The van der Waals surface area contributed by atoms with Gasteiger partial charge in [-0.15, -0.1) is 0 Å². The van der Waals surface area contributed by atoms with Gasteiger partial charge in [0.25, 0.3) is 0 Å². The zero-order chi connectivity index (χ0) is 19.6. The van der Waals surface area contributed by atoms with Crippen molar-refractivity contribution < 1.29 is 9.47 Å². The van der Waals surface area contributed by atoms with Gasteiger partial charge in [-0.3, -0.25) is 0 Å². The van der Waals surface area contributed by atoms with Crippen molar-refractivity contribution in [3.05, 3.63) is 82.9 Å². The molecule has 3 atom stereocenters.